The first-order valence-electron chi connectivity index (χ1n) is 7.07. The van der Waals surface area contributed by atoms with E-state index in [9.17, 15) is 4.79 Å². The minimum Gasteiger partial charge on any atom is -0.492 e. The number of benzene rings is 1. The van der Waals surface area contributed by atoms with E-state index in [2.05, 4.69) is 9.97 Å². The fraction of sp³-hybridized carbons (Fsp3) is 0.188. The molecule has 3 rings (SSSR count). The summed E-state index contributed by atoms with van der Waals surface area (Å²) in [5.41, 5.74) is 8.08. The van der Waals surface area contributed by atoms with Gasteiger partial charge < -0.3 is 15.2 Å². The van der Waals surface area contributed by atoms with Crippen LogP contribution in [0.2, 0.25) is 0 Å². The number of esters is 1. The molecule has 0 bridgehead atoms. The van der Waals surface area contributed by atoms with Crippen LogP contribution in [-0.2, 0) is 4.74 Å². The number of imidazole rings is 1. The van der Waals surface area contributed by atoms with Crippen molar-refractivity contribution in [2.24, 2.45) is 5.73 Å². The topological polar surface area (TPSA) is 91.7 Å². The van der Waals surface area contributed by atoms with Gasteiger partial charge in [-0.05, 0) is 24.3 Å². The second kappa shape index (κ2) is 6.45. The third kappa shape index (κ3) is 3.00. The summed E-state index contributed by atoms with van der Waals surface area (Å²) in [5, 5.41) is 0. The molecule has 0 aliphatic carbocycles. The first kappa shape index (κ1) is 15.0. The zero-order chi connectivity index (χ0) is 16.2. The van der Waals surface area contributed by atoms with Crippen LogP contribution in [-0.4, -0.2) is 40.6 Å². The second-order valence-corrected chi connectivity index (χ2v) is 4.80. The fourth-order valence-corrected chi connectivity index (χ4v) is 2.21. The van der Waals surface area contributed by atoms with Crippen molar-refractivity contribution in [3.63, 3.8) is 0 Å². The van der Waals surface area contributed by atoms with Gasteiger partial charge in [-0.25, -0.2) is 14.8 Å². The van der Waals surface area contributed by atoms with Gasteiger partial charge in [-0.1, -0.05) is 0 Å². The number of hydrogen-bond acceptors (Lipinski definition) is 6. The third-order valence-corrected chi connectivity index (χ3v) is 3.33. The lowest BCUT2D eigenvalue weighted by atomic mass is 10.1. The zero-order valence-corrected chi connectivity index (χ0v) is 12.6. The second-order valence-electron chi connectivity index (χ2n) is 4.80. The number of fused-ring (bicyclic) bond motifs is 1. The molecule has 0 saturated heterocycles. The maximum absolute atomic E-state index is 11.6. The Balaban J connectivity index is 1.97. The van der Waals surface area contributed by atoms with E-state index in [1.54, 1.807) is 16.8 Å². The van der Waals surface area contributed by atoms with Crippen molar-refractivity contribution < 1.29 is 14.3 Å². The standard InChI is InChI=1S/C16H16N4O3/c1-22-16(21)13-10-20-14(8-19-15(20)9-18-13)11-2-4-12(5-3-11)23-7-6-17/h2-5,8-10H,6-7,17H2,1H3. The Morgan fingerprint density at radius 2 is 2.00 bits per heavy atom. The summed E-state index contributed by atoms with van der Waals surface area (Å²) in [6.07, 6.45) is 4.88. The van der Waals surface area contributed by atoms with Gasteiger partial charge in [0.05, 0.1) is 25.2 Å². The highest BCUT2D eigenvalue weighted by Crippen LogP contribution is 2.23. The third-order valence-electron chi connectivity index (χ3n) is 3.33. The summed E-state index contributed by atoms with van der Waals surface area (Å²) in [5.74, 6) is 0.266. The number of carbonyl (C=O) groups is 1. The highest BCUT2D eigenvalue weighted by atomic mass is 16.5. The Kier molecular flexibility index (Phi) is 4.20. The van der Waals surface area contributed by atoms with Crippen LogP contribution in [0.15, 0.2) is 42.9 Å². The highest BCUT2D eigenvalue weighted by Gasteiger charge is 2.12. The number of hydrogen-bond donors (Lipinski definition) is 1. The van der Waals surface area contributed by atoms with Crippen LogP contribution in [0.4, 0.5) is 0 Å². The highest BCUT2D eigenvalue weighted by molar-refractivity contribution is 5.87. The smallest absolute Gasteiger partial charge is 0.358 e. The molecule has 0 unspecified atom stereocenters. The summed E-state index contributed by atoms with van der Waals surface area (Å²) in [4.78, 5) is 20.0. The van der Waals surface area contributed by atoms with Gasteiger partial charge in [0, 0.05) is 18.3 Å². The molecule has 2 N–H and O–H groups in total. The lowest BCUT2D eigenvalue weighted by molar-refractivity contribution is 0.0593. The normalized spacial score (nSPS) is 10.7. The van der Waals surface area contributed by atoms with Gasteiger partial charge in [0.2, 0.25) is 0 Å². The van der Waals surface area contributed by atoms with Crippen molar-refractivity contribution >= 4 is 11.6 Å². The summed E-state index contributed by atoms with van der Waals surface area (Å²) in [6, 6.07) is 7.58. The first-order chi connectivity index (χ1) is 11.2. The predicted molar refractivity (Wildman–Crippen MR) is 84.3 cm³/mol. The maximum atomic E-state index is 11.6. The Morgan fingerprint density at radius 1 is 1.22 bits per heavy atom. The quantitative estimate of drug-likeness (QED) is 0.718. The lowest BCUT2D eigenvalue weighted by Gasteiger charge is -2.06. The largest absolute Gasteiger partial charge is 0.492 e. The predicted octanol–water partition coefficient (Wildman–Crippen LogP) is 1.52. The molecule has 7 heteroatoms. The number of carbonyl (C=O) groups excluding carboxylic acids is 1. The van der Waals surface area contributed by atoms with Crippen molar-refractivity contribution in [3.8, 4) is 17.0 Å². The molecule has 118 valence electrons. The van der Waals surface area contributed by atoms with Crippen molar-refractivity contribution in [1.82, 2.24) is 14.4 Å². The van der Waals surface area contributed by atoms with E-state index in [0.717, 1.165) is 17.0 Å². The number of aromatic nitrogens is 3. The molecule has 23 heavy (non-hydrogen) atoms. The van der Waals surface area contributed by atoms with Gasteiger partial charge in [-0.2, -0.15) is 0 Å². The van der Waals surface area contributed by atoms with Crippen molar-refractivity contribution in [3.05, 3.63) is 48.5 Å². The summed E-state index contributed by atoms with van der Waals surface area (Å²) in [6.45, 7) is 0.946. The van der Waals surface area contributed by atoms with Crippen molar-refractivity contribution in [1.29, 1.82) is 0 Å². The minimum atomic E-state index is -0.489. The molecule has 0 aliphatic heterocycles. The Bertz CT molecular complexity index is 827. The molecule has 3 aromatic rings. The van der Waals surface area contributed by atoms with E-state index in [-0.39, 0.29) is 5.69 Å². The van der Waals surface area contributed by atoms with E-state index >= 15 is 0 Å². The van der Waals surface area contributed by atoms with Crippen LogP contribution in [0.5, 0.6) is 5.75 Å². The number of methoxy groups -OCH3 is 1. The average molecular weight is 312 g/mol. The summed E-state index contributed by atoms with van der Waals surface area (Å²) in [7, 11) is 1.32. The molecule has 0 fully saturated rings. The first-order valence-corrected chi connectivity index (χ1v) is 7.07. The van der Waals surface area contributed by atoms with Crippen LogP contribution < -0.4 is 10.5 Å². The van der Waals surface area contributed by atoms with Crippen LogP contribution in [0.25, 0.3) is 16.9 Å². The average Bonchev–Trinajstić information content (AvgIpc) is 3.02. The Labute approximate surface area is 132 Å². The molecule has 0 spiro atoms. The molecule has 0 atom stereocenters. The molecular weight excluding hydrogens is 296 g/mol. The van der Waals surface area contributed by atoms with E-state index in [0.29, 0.717) is 18.8 Å². The molecule has 0 amide bonds. The van der Waals surface area contributed by atoms with Crippen LogP contribution >= 0.6 is 0 Å². The van der Waals surface area contributed by atoms with Gasteiger partial charge in [0.15, 0.2) is 11.3 Å². The molecule has 2 aromatic heterocycles. The van der Waals surface area contributed by atoms with Gasteiger partial charge in [0.1, 0.15) is 12.4 Å². The van der Waals surface area contributed by atoms with E-state index in [1.165, 1.54) is 13.3 Å². The SMILES string of the molecule is COC(=O)c1cn2c(-c3ccc(OCCN)cc3)cnc2cn1. The van der Waals surface area contributed by atoms with Gasteiger partial charge in [0.25, 0.3) is 0 Å². The van der Waals surface area contributed by atoms with Gasteiger partial charge in [-0.15, -0.1) is 0 Å². The van der Waals surface area contributed by atoms with Crippen LogP contribution in [0, 0.1) is 0 Å². The monoisotopic (exact) mass is 312 g/mol. The molecule has 0 aliphatic rings. The minimum absolute atomic E-state index is 0.224. The van der Waals surface area contributed by atoms with Crippen molar-refractivity contribution in [2.45, 2.75) is 0 Å². The lowest BCUT2D eigenvalue weighted by Crippen LogP contribution is -2.10. The van der Waals surface area contributed by atoms with Crippen LogP contribution in [0.3, 0.4) is 0 Å². The van der Waals surface area contributed by atoms with Crippen LogP contribution in [0.1, 0.15) is 10.5 Å². The molecule has 7 nitrogen and oxygen atoms in total. The zero-order valence-electron chi connectivity index (χ0n) is 12.6. The molecule has 1 aromatic carbocycles. The summed E-state index contributed by atoms with van der Waals surface area (Å²) < 4.78 is 12.0. The molecule has 0 radical (unpaired) electrons. The fourth-order valence-electron chi connectivity index (χ4n) is 2.21. The van der Waals surface area contributed by atoms with Gasteiger partial charge in [-0.3, -0.25) is 4.40 Å². The molecule has 2 heterocycles. The molecular formula is C16H16N4O3. The Morgan fingerprint density at radius 3 is 2.70 bits per heavy atom. The van der Waals surface area contributed by atoms with E-state index in [1.807, 2.05) is 24.3 Å². The Hall–Kier alpha value is -2.93. The van der Waals surface area contributed by atoms with E-state index < -0.39 is 5.97 Å². The number of nitrogens with two attached hydrogens (primary N) is 1. The van der Waals surface area contributed by atoms with E-state index in [4.69, 9.17) is 15.2 Å². The number of ether oxygens (including phenoxy) is 2. The van der Waals surface area contributed by atoms with Crippen molar-refractivity contribution in [2.75, 3.05) is 20.3 Å². The maximum Gasteiger partial charge on any atom is 0.358 e. The number of nitrogens with zero attached hydrogens (tertiary/aromatic N) is 3. The number of rotatable bonds is 5. The van der Waals surface area contributed by atoms with Gasteiger partial charge >= 0.3 is 5.97 Å². The molecule has 0 saturated carbocycles. The summed E-state index contributed by atoms with van der Waals surface area (Å²) >= 11 is 0.